The highest BCUT2D eigenvalue weighted by molar-refractivity contribution is 5.75. The zero-order valence-electron chi connectivity index (χ0n) is 39.3. The SMILES string of the molecule is CCCCCCCCC(CCCCCCC)COC(=O)CCCCCC(CCCCCC(=O)OCC(CCCCCCCC)CCCCCCCC)CCC(C)=O. The van der Waals surface area contributed by atoms with Crippen LogP contribution in [0.2, 0.25) is 0 Å². The average Bonchev–Trinajstić information content (AvgIpc) is 3.20. The number of ether oxygens (including phenoxy) is 2. The van der Waals surface area contributed by atoms with E-state index in [-0.39, 0.29) is 17.7 Å². The van der Waals surface area contributed by atoms with E-state index < -0.39 is 0 Å². The number of esters is 2. The zero-order chi connectivity index (χ0) is 41.9. The largest absolute Gasteiger partial charge is 0.465 e. The maximum atomic E-state index is 12.7. The second-order valence-electron chi connectivity index (χ2n) is 18.3. The maximum Gasteiger partial charge on any atom is 0.305 e. The number of hydrogen-bond acceptors (Lipinski definition) is 5. The first-order valence-corrected chi connectivity index (χ1v) is 25.7. The fourth-order valence-corrected chi connectivity index (χ4v) is 8.46. The smallest absolute Gasteiger partial charge is 0.305 e. The number of ketones is 1. The van der Waals surface area contributed by atoms with Crippen LogP contribution in [0.1, 0.15) is 285 Å². The van der Waals surface area contributed by atoms with E-state index in [1.54, 1.807) is 6.92 Å². The van der Waals surface area contributed by atoms with Gasteiger partial charge in [-0.1, -0.05) is 214 Å². The van der Waals surface area contributed by atoms with E-state index in [1.165, 1.54) is 173 Å². The Hall–Kier alpha value is -1.39. The highest BCUT2D eigenvalue weighted by Crippen LogP contribution is 2.25. The van der Waals surface area contributed by atoms with Gasteiger partial charge in [0, 0.05) is 19.3 Å². The van der Waals surface area contributed by atoms with Gasteiger partial charge >= 0.3 is 11.9 Å². The molecule has 338 valence electrons. The van der Waals surface area contributed by atoms with E-state index in [9.17, 15) is 14.4 Å². The summed E-state index contributed by atoms with van der Waals surface area (Å²) < 4.78 is 11.7. The van der Waals surface area contributed by atoms with E-state index in [0.29, 0.717) is 50.2 Å². The summed E-state index contributed by atoms with van der Waals surface area (Å²) >= 11 is 0. The molecule has 0 aliphatic carbocycles. The molecule has 0 saturated heterocycles. The standard InChI is InChI=1S/C52H100O5/c1-6-10-14-18-22-28-38-49(37-27-21-17-13-9-4)45-56-51(54)41-33-25-31-35-48(44-43-47(5)53)36-32-26-34-42-52(55)57-46-50(39-29-23-19-15-11-7-2)40-30-24-20-16-12-8-3/h48-50H,6-46H2,1-5H3. The molecule has 2 unspecified atom stereocenters. The van der Waals surface area contributed by atoms with Crippen LogP contribution in [0.15, 0.2) is 0 Å². The Labute approximate surface area is 356 Å². The molecule has 0 bridgehead atoms. The molecule has 0 amide bonds. The molecule has 0 aromatic rings. The Bertz CT molecular complexity index is 855. The van der Waals surface area contributed by atoms with Crippen LogP contribution in [0.4, 0.5) is 0 Å². The molecule has 0 heterocycles. The van der Waals surface area contributed by atoms with Gasteiger partial charge in [0.1, 0.15) is 5.78 Å². The second-order valence-corrected chi connectivity index (χ2v) is 18.3. The van der Waals surface area contributed by atoms with Crippen LogP contribution < -0.4 is 0 Å². The normalized spacial score (nSPS) is 12.6. The van der Waals surface area contributed by atoms with Crippen LogP contribution in [-0.2, 0) is 23.9 Å². The molecule has 0 aromatic heterocycles. The predicted molar refractivity (Wildman–Crippen MR) is 246 cm³/mol. The van der Waals surface area contributed by atoms with E-state index in [2.05, 4.69) is 27.7 Å². The molecule has 0 aliphatic heterocycles. The molecule has 0 aromatic carbocycles. The van der Waals surface area contributed by atoms with Gasteiger partial charge < -0.3 is 14.3 Å². The summed E-state index contributed by atoms with van der Waals surface area (Å²) in [6.45, 7) is 12.0. The lowest BCUT2D eigenvalue weighted by Gasteiger charge is -2.18. The van der Waals surface area contributed by atoms with Gasteiger partial charge in [-0.3, -0.25) is 9.59 Å². The topological polar surface area (TPSA) is 69.7 Å². The lowest BCUT2D eigenvalue weighted by molar-refractivity contribution is -0.146. The van der Waals surface area contributed by atoms with E-state index in [0.717, 1.165) is 57.8 Å². The molecular formula is C52H100O5. The van der Waals surface area contributed by atoms with Gasteiger partial charge in [-0.25, -0.2) is 0 Å². The molecule has 5 nitrogen and oxygen atoms in total. The van der Waals surface area contributed by atoms with Crippen LogP contribution in [0, 0.1) is 17.8 Å². The number of carbonyl (C=O) groups excluding carboxylic acids is 3. The highest BCUT2D eigenvalue weighted by atomic mass is 16.5. The van der Waals surface area contributed by atoms with E-state index in [4.69, 9.17) is 9.47 Å². The minimum Gasteiger partial charge on any atom is -0.465 e. The van der Waals surface area contributed by atoms with Crippen molar-refractivity contribution in [2.24, 2.45) is 17.8 Å². The van der Waals surface area contributed by atoms with Gasteiger partial charge in [0.05, 0.1) is 13.2 Å². The molecule has 2 atom stereocenters. The van der Waals surface area contributed by atoms with Crippen LogP contribution >= 0.6 is 0 Å². The number of Topliss-reactive ketones (excluding diaryl/α,β-unsaturated/α-hetero) is 1. The second kappa shape index (κ2) is 44.2. The van der Waals surface area contributed by atoms with Crippen molar-refractivity contribution in [2.45, 2.75) is 285 Å². The minimum absolute atomic E-state index is 0.0201. The van der Waals surface area contributed by atoms with Crippen molar-refractivity contribution in [1.82, 2.24) is 0 Å². The Balaban J connectivity index is 4.46. The van der Waals surface area contributed by atoms with Crippen molar-refractivity contribution < 1.29 is 23.9 Å². The molecule has 0 rings (SSSR count). The maximum absolute atomic E-state index is 12.7. The van der Waals surface area contributed by atoms with Gasteiger partial charge in [0.15, 0.2) is 0 Å². The Morgan fingerprint density at radius 2 is 0.579 bits per heavy atom. The van der Waals surface area contributed by atoms with Crippen molar-refractivity contribution in [1.29, 1.82) is 0 Å². The molecular weight excluding hydrogens is 705 g/mol. The quantitative estimate of drug-likeness (QED) is 0.0453. The van der Waals surface area contributed by atoms with Gasteiger partial charge in [0.25, 0.3) is 0 Å². The molecule has 0 spiro atoms. The molecule has 0 fully saturated rings. The number of hydrogen-bond donors (Lipinski definition) is 0. The summed E-state index contributed by atoms with van der Waals surface area (Å²) in [5, 5.41) is 0. The summed E-state index contributed by atoms with van der Waals surface area (Å²) in [6.07, 6.45) is 45.8. The zero-order valence-corrected chi connectivity index (χ0v) is 39.3. The van der Waals surface area contributed by atoms with Gasteiger partial charge in [-0.05, 0) is 69.6 Å². The summed E-state index contributed by atoms with van der Waals surface area (Å²) in [7, 11) is 0. The van der Waals surface area contributed by atoms with Crippen LogP contribution in [0.3, 0.4) is 0 Å². The molecule has 5 heteroatoms. The van der Waals surface area contributed by atoms with E-state index in [1.807, 2.05) is 0 Å². The van der Waals surface area contributed by atoms with Crippen molar-refractivity contribution in [2.75, 3.05) is 13.2 Å². The third-order valence-electron chi connectivity index (χ3n) is 12.5. The first-order valence-electron chi connectivity index (χ1n) is 25.7. The molecule has 0 saturated carbocycles. The average molecular weight is 805 g/mol. The minimum atomic E-state index is -0.0216. The van der Waals surface area contributed by atoms with Crippen molar-refractivity contribution in [3.8, 4) is 0 Å². The monoisotopic (exact) mass is 805 g/mol. The Morgan fingerprint density at radius 1 is 0.316 bits per heavy atom. The van der Waals surface area contributed by atoms with E-state index >= 15 is 0 Å². The van der Waals surface area contributed by atoms with Crippen molar-refractivity contribution in [3.63, 3.8) is 0 Å². The number of carbonyl (C=O) groups is 3. The lowest BCUT2D eigenvalue weighted by Crippen LogP contribution is -2.14. The lowest BCUT2D eigenvalue weighted by atomic mass is 9.90. The number of rotatable bonds is 46. The van der Waals surface area contributed by atoms with Gasteiger partial charge in [-0.2, -0.15) is 0 Å². The van der Waals surface area contributed by atoms with Crippen LogP contribution in [0.25, 0.3) is 0 Å². The van der Waals surface area contributed by atoms with Crippen molar-refractivity contribution in [3.05, 3.63) is 0 Å². The summed E-state index contributed by atoms with van der Waals surface area (Å²) in [5.74, 6) is 1.80. The molecule has 0 aliphatic rings. The Kier molecular flexibility index (Phi) is 43.1. The van der Waals surface area contributed by atoms with Crippen LogP contribution in [0.5, 0.6) is 0 Å². The first kappa shape index (κ1) is 55.6. The molecule has 0 N–H and O–H groups in total. The predicted octanol–water partition coefficient (Wildman–Crippen LogP) is 16.8. The van der Waals surface area contributed by atoms with Crippen LogP contribution in [-0.4, -0.2) is 30.9 Å². The van der Waals surface area contributed by atoms with Gasteiger partial charge in [-0.15, -0.1) is 0 Å². The number of unbranched alkanes of at least 4 members (excludes halogenated alkanes) is 23. The third kappa shape index (κ3) is 41.1. The summed E-state index contributed by atoms with van der Waals surface area (Å²) in [5.41, 5.74) is 0. The summed E-state index contributed by atoms with van der Waals surface area (Å²) in [4.78, 5) is 37.2. The fourth-order valence-electron chi connectivity index (χ4n) is 8.46. The third-order valence-corrected chi connectivity index (χ3v) is 12.5. The highest BCUT2D eigenvalue weighted by Gasteiger charge is 2.15. The summed E-state index contributed by atoms with van der Waals surface area (Å²) in [6, 6.07) is 0. The molecule has 0 radical (unpaired) electrons. The fraction of sp³-hybridized carbons (Fsp3) is 0.942. The molecule has 57 heavy (non-hydrogen) atoms. The van der Waals surface area contributed by atoms with Gasteiger partial charge in [0.2, 0.25) is 0 Å². The Morgan fingerprint density at radius 3 is 0.877 bits per heavy atom. The van der Waals surface area contributed by atoms with Crippen molar-refractivity contribution >= 4 is 17.7 Å². The first-order chi connectivity index (χ1) is 27.9.